The predicted octanol–water partition coefficient (Wildman–Crippen LogP) is 0.548. The number of morpholine rings is 1. The highest BCUT2D eigenvalue weighted by Crippen LogP contribution is 2.15. The molecule has 6 nitrogen and oxygen atoms in total. The van der Waals surface area contributed by atoms with Gasteiger partial charge in [0.1, 0.15) is 6.04 Å². The van der Waals surface area contributed by atoms with Gasteiger partial charge in [0.05, 0.1) is 12.7 Å². The molecule has 0 spiro atoms. The molecule has 2 fully saturated rings. The van der Waals surface area contributed by atoms with E-state index < -0.39 is 0 Å². The fraction of sp³-hybridized carbons (Fsp3) is 0.867. The van der Waals surface area contributed by atoms with E-state index in [2.05, 4.69) is 10.6 Å². The third-order valence-corrected chi connectivity index (χ3v) is 4.19. The topological polar surface area (TPSA) is 70.7 Å². The van der Waals surface area contributed by atoms with Crippen LogP contribution in [-0.4, -0.2) is 61.1 Å². The fourth-order valence-corrected chi connectivity index (χ4v) is 2.87. The molecule has 0 aromatic rings. The lowest BCUT2D eigenvalue weighted by Gasteiger charge is -2.38. The second-order valence-electron chi connectivity index (χ2n) is 6.29. The summed E-state index contributed by atoms with van der Waals surface area (Å²) in [5.74, 6) is 0.122. The molecule has 0 aliphatic carbocycles. The lowest BCUT2D eigenvalue weighted by atomic mass is 10.0. The van der Waals surface area contributed by atoms with Gasteiger partial charge in [-0.25, -0.2) is 0 Å². The van der Waals surface area contributed by atoms with Crippen molar-refractivity contribution in [3.8, 4) is 0 Å². The number of carbonyl (C=O) groups excluding carboxylic acids is 2. The highest BCUT2D eigenvalue weighted by Gasteiger charge is 2.34. The predicted molar refractivity (Wildman–Crippen MR) is 87.0 cm³/mol. The first kappa shape index (κ1) is 19.2. The van der Waals surface area contributed by atoms with Crippen molar-refractivity contribution in [2.24, 2.45) is 5.92 Å². The fourth-order valence-electron chi connectivity index (χ4n) is 2.87. The van der Waals surface area contributed by atoms with Gasteiger partial charge in [0.15, 0.2) is 0 Å². The molecule has 7 heteroatoms. The van der Waals surface area contributed by atoms with Crippen molar-refractivity contribution in [2.75, 3.05) is 26.2 Å². The summed E-state index contributed by atoms with van der Waals surface area (Å²) >= 11 is 0. The number of hydrogen-bond acceptors (Lipinski definition) is 4. The van der Waals surface area contributed by atoms with E-state index in [0.717, 1.165) is 19.4 Å². The first-order valence-corrected chi connectivity index (χ1v) is 7.93. The average Bonchev–Trinajstić information content (AvgIpc) is 2.47. The lowest BCUT2D eigenvalue weighted by Crippen LogP contribution is -2.59. The standard InChI is InChI=1S/C15H27N3O3.ClH/c1-10(2)14(19)17-12-5-4-7-18(9-12)15(20)13-11(3)21-8-6-16-13;/h10-13,16H,4-9H2,1-3H3,(H,17,19);1H/t11-,12?,13+;/m1./s1. The molecule has 2 aliphatic heterocycles. The van der Waals surface area contributed by atoms with Crippen LogP contribution in [0.1, 0.15) is 33.6 Å². The second-order valence-corrected chi connectivity index (χ2v) is 6.29. The number of carbonyl (C=O) groups is 2. The molecule has 22 heavy (non-hydrogen) atoms. The molecule has 1 unspecified atom stereocenters. The van der Waals surface area contributed by atoms with Gasteiger partial charge in [-0.2, -0.15) is 0 Å². The molecule has 2 rings (SSSR count). The molecule has 128 valence electrons. The second kappa shape index (κ2) is 8.70. The van der Waals surface area contributed by atoms with Gasteiger partial charge in [-0.1, -0.05) is 13.8 Å². The average molecular weight is 334 g/mol. The van der Waals surface area contributed by atoms with Crippen molar-refractivity contribution in [3.63, 3.8) is 0 Å². The number of halogens is 1. The monoisotopic (exact) mass is 333 g/mol. The molecule has 0 saturated carbocycles. The highest BCUT2D eigenvalue weighted by molar-refractivity contribution is 5.85. The summed E-state index contributed by atoms with van der Waals surface area (Å²) in [6.07, 6.45) is 1.76. The van der Waals surface area contributed by atoms with Gasteiger partial charge in [-0.15, -0.1) is 12.4 Å². The molecule has 2 amide bonds. The third-order valence-electron chi connectivity index (χ3n) is 4.19. The summed E-state index contributed by atoms with van der Waals surface area (Å²) in [7, 11) is 0. The number of rotatable bonds is 3. The van der Waals surface area contributed by atoms with Crippen LogP contribution in [0.2, 0.25) is 0 Å². The Hall–Kier alpha value is -0.850. The van der Waals surface area contributed by atoms with Gasteiger partial charge >= 0.3 is 0 Å². The van der Waals surface area contributed by atoms with Crippen LogP contribution in [0.15, 0.2) is 0 Å². The van der Waals surface area contributed by atoms with Crippen LogP contribution in [-0.2, 0) is 14.3 Å². The number of nitrogens with zero attached hydrogens (tertiary/aromatic N) is 1. The number of likely N-dealkylation sites (tertiary alicyclic amines) is 1. The molecule has 0 aromatic carbocycles. The molecule has 2 aliphatic rings. The Bertz CT molecular complexity index is 392. The van der Waals surface area contributed by atoms with E-state index >= 15 is 0 Å². The maximum absolute atomic E-state index is 12.6. The van der Waals surface area contributed by atoms with E-state index in [1.807, 2.05) is 25.7 Å². The maximum Gasteiger partial charge on any atom is 0.242 e. The van der Waals surface area contributed by atoms with Crippen molar-refractivity contribution < 1.29 is 14.3 Å². The van der Waals surface area contributed by atoms with Crippen LogP contribution in [0.25, 0.3) is 0 Å². The van der Waals surface area contributed by atoms with Crippen molar-refractivity contribution in [1.82, 2.24) is 15.5 Å². The van der Waals surface area contributed by atoms with Crippen LogP contribution < -0.4 is 10.6 Å². The van der Waals surface area contributed by atoms with Gasteiger partial charge in [0.2, 0.25) is 11.8 Å². The van der Waals surface area contributed by atoms with Crippen LogP contribution in [0.5, 0.6) is 0 Å². The minimum Gasteiger partial charge on any atom is -0.375 e. The minimum absolute atomic E-state index is 0. The Labute approximate surface area is 138 Å². The number of nitrogens with one attached hydrogen (secondary N) is 2. The van der Waals surface area contributed by atoms with Gasteiger partial charge in [0.25, 0.3) is 0 Å². The van der Waals surface area contributed by atoms with Crippen LogP contribution in [0.4, 0.5) is 0 Å². The largest absolute Gasteiger partial charge is 0.375 e. The Balaban J connectivity index is 0.00000242. The number of amides is 2. The highest BCUT2D eigenvalue weighted by atomic mass is 35.5. The van der Waals surface area contributed by atoms with E-state index in [9.17, 15) is 9.59 Å². The van der Waals surface area contributed by atoms with Crippen molar-refractivity contribution in [2.45, 2.75) is 51.8 Å². The van der Waals surface area contributed by atoms with Crippen LogP contribution >= 0.6 is 12.4 Å². The van der Waals surface area contributed by atoms with Crippen LogP contribution in [0, 0.1) is 5.92 Å². The van der Waals surface area contributed by atoms with E-state index in [4.69, 9.17) is 4.74 Å². The quantitative estimate of drug-likeness (QED) is 0.791. The van der Waals surface area contributed by atoms with Crippen LogP contribution in [0.3, 0.4) is 0 Å². The first-order chi connectivity index (χ1) is 9.99. The lowest BCUT2D eigenvalue weighted by molar-refractivity contribution is -0.141. The first-order valence-electron chi connectivity index (χ1n) is 7.93. The maximum atomic E-state index is 12.6. The summed E-state index contributed by atoms with van der Waals surface area (Å²) in [5, 5.41) is 6.27. The zero-order valence-electron chi connectivity index (χ0n) is 13.6. The minimum atomic E-state index is -0.265. The van der Waals surface area contributed by atoms with E-state index in [1.165, 1.54) is 0 Å². The summed E-state index contributed by atoms with van der Waals surface area (Å²) < 4.78 is 5.55. The zero-order valence-corrected chi connectivity index (χ0v) is 14.4. The Morgan fingerprint density at radius 2 is 2.09 bits per heavy atom. The molecular weight excluding hydrogens is 306 g/mol. The molecule has 2 heterocycles. The number of piperidine rings is 1. The Morgan fingerprint density at radius 1 is 1.36 bits per heavy atom. The normalized spacial score (nSPS) is 28.9. The third kappa shape index (κ3) is 4.83. The molecule has 0 aromatic heterocycles. The molecule has 0 bridgehead atoms. The molecular formula is C15H28ClN3O3. The summed E-state index contributed by atoms with van der Waals surface area (Å²) in [6, 6.07) is -0.198. The number of ether oxygens (including phenoxy) is 1. The Kier molecular flexibility index (Phi) is 7.59. The zero-order chi connectivity index (χ0) is 15.4. The van der Waals surface area contributed by atoms with E-state index in [0.29, 0.717) is 19.7 Å². The summed E-state index contributed by atoms with van der Waals surface area (Å²) in [5.41, 5.74) is 0. The Morgan fingerprint density at radius 3 is 2.73 bits per heavy atom. The van der Waals surface area contributed by atoms with E-state index in [1.54, 1.807) is 0 Å². The van der Waals surface area contributed by atoms with E-state index in [-0.39, 0.29) is 48.3 Å². The molecule has 2 saturated heterocycles. The summed E-state index contributed by atoms with van der Waals surface area (Å²) in [6.45, 7) is 8.41. The van der Waals surface area contributed by atoms with Gasteiger partial charge < -0.3 is 20.3 Å². The van der Waals surface area contributed by atoms with Crippen molar-refractivity contribution >= 4 is 24.2 Å². The SMILES string of the molecule is CC(C)C(=O)NC1CCCN(C(=O)[C@H]2NCCO[C@@H]2C)C1.Cl. The van der Waals surface area contributed by atoms with Gasteiger partial charge in [0, 0.05) is 31.6 Å². The summed E-state index contributed by atoms with van der Waals surface area (Å²) in [4.78, 5) is 26.3. The molecule has 2 N–H and O–H groups in total. The molecule has 0 radical (unpaired) electrons. The van der Waals surface area contributed by atoms with Crippen molar-refractivity contribution in [3.05, 3.63) is 0 Å². The van der Waals surface area contributed by atoms with Gasteiger partial charge in [-0.05, 0) is 19.8 Å². The molecule has 3 atom stereocenters. The number of hydrogen-bond donors (Lipinski definition) is 2. The van der Waals surface area contributed by atoms with Crippen molar-refractivity contribution in [1.29, 1.82) is 0 Å². The smallest absolute Gasteiger partial charge is 0.242 e. The van der Waals surface area contributed by atoms with Gasteiger partial charge in [-0.3, -0.25) is 9.59 Å².